The van der Waals surface area contributed by atoms with Crippen molar-refractivity contribution in [1.29, 1.82) is 0 Å². The van der Waals surface area contributed by atoms with Gasteiger partial charge in [-0.15, -0.1) is 22.7 Å². The second-order valence-corrected chi connectivity index (χ2v) is 20.4. The van der Waals surface area contributed by atoms with E-state index in [0.717, 1.165) is 0 Å². The van der Waals surface area contributed by atoms with Gasteiger partial charge in [0.2, 0.25) is 0 Å². The van der Waals surface area contributed by atoms with Crippen molar-refractivity contribution < 1.29 is 0 Å². The highest BCUT2D eigenvalue weighted by Gasteiger charge is 2.36. The van der Waals surface area contributed by atoms with Gasteiger partial charge in [-0.25, -0.2) is 0 Å². The third-order valence-corrected chi connectivity index (χ3v) is 17.0. The molecule has 0 amide bonds. The van der Waals surface area contributed by atoms with Gasteiger partial charge < -0.3 is 0 Å². The van der Waals surface area contributed by atoms with E-state index in [9.17, 15) is 0 Å². The number of hydrogen-bond acceptors (Lipinski definition) is 2. The molecular formula is C66H42S2. The molecule has 14 rings (SSSR count). The Morgan fingerprint density at radius 1 is 0.324 bits per heavy atom. The molecule has 12 aromatic rings. The maximum atomic E-state index is 2.47. The summed E-state index contributed by atoms with van der Waals surface area (Å²) >= 11 is 3.81. The molecule has 68 heavy (non-hydrogen) atoms. The molecule has 2 heterocycles. The molecular weight excluding hydrogens is 857 g/mol. The van der Waals surface area contributed by atoms with Crippen LogP contribution in [-0.4, -0.2) is 0 Å². The van der Waals surface area contributed by atoms with Gasteiger partial charge in [-0.05, 0) is 146 Å². The Morgan fingerprint density at radius 3 is 1.59 bits per heavy atom. The maximum Gasteiger partial charge on any atom is 0.0449 e. The smallest absolute Gasteiger partial charge is 0.0449 e. The van der Waals surface area contributed by atoms with E-state index in [4.69, 9.17) is 0 Å². The Bertz CT molecular complexity index is 4110. The molecule has 0 aliphatic heterocycles. The minimum atomic E-state index is 0.224. The van der Waals surface area contributed by atoms with Gasteiger partial charge in [-0.2, -0.15) is 0 Å². The van der Waals surface area contributed by atoms with Gasteiger partial charge in [0.1, 0.15) is 0 Å². The van der Waals surface area contributed by atoms with Crippen molar-refractivity contribution in [1.82, 2.24) is 0 Å². The molecule has 0 saturated heterocycles. The van der Waals surface area contributed by atoms with Crippen molar-refractivity contribution in [3.05, 3.63) is 270 Å². The van der Waals surface area contributed by atoms with Crippen LogP contribution in [0.25, 0.3) is 102 Å². The molecule has 2 aromatic heterocycles. The van der Waals surface area contributed by atoms with Crippen molar-refractivity contribution in [2.75, 3.05) is 0 Å². The van der Waals surface area contributed by atoms with E-state index < -0.39 is 0 Å². The van der Waals surface area contributed by atoms with Crippen LogP contribution in [0.4, 0.5) is 0 Å². The van der Waals surface area contributed by atoms with E-state index in [1.807, 2.05) is 22.7 Å². The fourth-order valence-electron chi connectivity index (χ4n) is 11.5. The van der Waals surface area contributed by atoms with E-state index >= 15 is 0 Å². The van der Waals surface area contributed by atoms with E-state index in [1.54, 1.807) is 0 Å². The van der Waals surface area contributed by atoms with Gasteiger partial charge in [-0.3, -0.25) is 0 Å². The van der Waals surface area contributed by atoms with Gasteiger partial charge in [0, 0.05) is 36.9 Å². The fraction of sp³-hybridized carbons (Fsp3) is 0.0303. The molecule has 0 spiro atoms. The summed E-state index contributed by atoms with van der Waals surface area (Å²) in [7, 11) is 0. The number of thiophene rings is 2. The molecule has 2 aliphatic rings. The predicted molar refractivity (Wildman–Crippen MR) is 294 cm³/mol. The maximum absolute atomic E-state index is 2.47. The SMILES string of the molecule is C1=CC2=C(c3ccc(-c4ccc(-c5ccc6c(-c7ccc8ccccc8c7)c7ccccc7c(-c7ccc8ccccc8c7)c6c5)s4)s3)c3ccccc3C(c3cccc4ccccc34)C2C=C1. The molecule has 2 unspecified atom stereocenters. The van der Waals surface area contributed by atoms with Crippen LogP contribution in [0.1, 0.15) is 27.5 Å². The average molecular weight is 899 g/mol. The molecule has 0 bridgehead atoms. The highest BCUT2D eigenvalue weighted by atomic mass is 32.1. The molecule has 318 valence electrons. The first kappa shape index (κ1) is 39.3. The van der Waals surface area contributed by atoms with Gasteiger partial charge in [0.15, 0.2) is 0 Å². The van der Waals surface area contributed by atoms with Crippen molar-refractivity contribution in [3.63, 3.8) is 0 Å². The molecule has 2 atom stereocenters. The summed E-state index contributed by atoms with van der Waals surface area (Å²) in [6, 6.07) is 81.7. The second kappa shape index (κ2) is 15.9. The van der Waals surface area contributed by atoms with E-state index in [-0.39, 0.29) is 11.8 Å². The third kappa shape index (κ3) is 6.33. The molecule has 0 N–H and O–H groups in total. The summed E-state index contributed by atoms with van der Waals surface area (Å²) in [5.41, 5.74) is 13.2. The lowest BCUT2D eigenvalue weighted by Crippen LogP contribution is -2.22. The minimum absolute atomic E-state index is 0.224. The highest BCUT2D eigenvalue weighted by Crippen LogP contribution is 2.53. The monoisotopic (exact) mass is 898 g/mol. The first-order valence-corrected chi connectivity index (χ1v) is 25.2. The zero-order chi connectivity index (χ0) is 44.7. The molecule has 2 aliphatic carbocycles. The largest absolute Gasteiger partial charge is 0.134 e. The average Bonchev–Trinajstić information content (AvgIpc) is 4.10. The zero-order valence-corrected chi connectivity index (χ0v) is 38.7. The van der Waals surface area contributed by atoms with Crippen LogP contribution < -0.4 is 0 Å². The molecule has 0 radical (unpaired) electrons. The van der Waals surface area contributed by atoms with E-state index in [0.29, 0.717) is 0 Å². The topological polar surface area (TPSA) is 0 Å². The normalized spacial score (nSPS) is 15.5. The fourth-order valence-corrected chi connectivity index (χ4v) is 13.7. The second-order valence-electron chi connectivity index (χ2n) is 18.2. The Labute approximate surface area is 403 Å². The summed E-state index contributed by atoms with van der Waals surface area (Å²) < 4.78 is 0. The molecule has 2 heteroatoms. The Hall–Kier alpha value is -7.88. The van der Waals surface area contributed by atoms with Crippen molar-refractivity contribution in [2.24, 2.45) is 5.92 Å². The van der Waals surface area contributed by atoms with Crippen molar-refractivity contribution >= 4 is 82.1 Å². The zero-order valence-electron chi connectivity index (χ0n) is 37.1. The van der Waals surface area contributed by atoms with Gasteiger partial charge >= 0.3 is 0 Å². The number of rotatable bonds is 6. The summed E-state index contributed by atoms with van der Waals surface area (Å²) in [5, 5.41) is 12.7. The number of allylic oxidation sites excluding steroid dienone is 5. The van der Waals surface area contributed by atoms with Gasteiger partial charge in [0.25, 0.3) is 0 Å². The number of benzene rings is 10. The van der Waals surface area contributed by atoms with Crippen LogP contribution in [-0.2, 0) is 0 Å². The quantitative estimate of drug-likeness (QED) is 0.146. The molecule has 10 aromatic carbocycles. The molecule has 0 saturated carbocycles. The number of hydrogen-bond donors (Lipinski definition) is 0. The first-order valence-electron chi connectivity index (χ1n) is 23.6. The summed E-state index contributed by atoms with van der Waals surface area (Å²) in [4.78, 5) is 5.18. The van der Waals surface area contributed by atoms with Crippen LogP contribution >= 0.6 is 22.7 Å². The van der Waals surface area contributed by atoms with E-state index in [2.05, 4.69) is 243 Å². The first-order chi connectivity index (χ1) is 33.7. The third-order valence-electron chi connectivity index (χ3n) is 14.5. The van der Waals surface area contributed by atoms with Crippen molar-refractivity contribution in [3.8, 4) is 42.4 Å². The van der Waals surface area contributed by atoms with Crippen LogP contribution in [0.15, 0.2) is 248 Å². The molecule has 0 fully saturated rings. The number of fused-ring (bicyclic) bond motifs is 7. The highest BCUT2D eigenvalue weighted by molar-refractivity contribution is 7.24. The van der Waals surface area contributed by atoms with E-state index in [1.165, 1.54) is 129 Å². The van der Waals surface area contributed by atoms with Crippen LogP contribution in [0, 0.1) is 5.92 Å². The summed E-state index contributed by atoms with van der Waals surface area (Å²) in [5.74, 6) is 0.461. The van der Waals surface area contributed by atoms with Crippen molar-refractivity contribution in [2.45, 2.75) is 5.92 Å². The minimum Gasteiger partial charge on any atom is -0.134 e. The van der Waals surface area contributed by atoms with Gasteiger partial charge in [0.05, 0.1) is 0 Å². The summed E-state index contributed by atoms with van der Waals surface area (Å²) in [6.45, 7) is 0. The van der Waals surface area contributed by atoms with Crippen LogP contribution in [0.2, 0.25) is 0 Å². The summed E-state index contributed by atoms with van der Waals surface area (Å²) in [6.07, 6.45) is 9.27. The van der Waals surface area contributed by atoms with Crippen LogP contribution in [0.5, 0.6) is 0 Å². The van der Waals surface area contributed by atoms with Crippen LogP contribution in [0.3, 0.4) is 0 Å². The molecule has 0 nitrogen and oxygen atoms in total. The Balaban J connectivity index is 0.896. The predicted octanol–water partition coefficient (Wildman–Crippen LogP) is 18.9. The standard InChI is InChI=1S/C66H42S2/c1-3-17-44-38-47(30-28-41(44)14-1)63-51-21-7-8-22-52(51)64(48-31-29-42-15-2-4-18-45(42)39-48)58-40-46(32-33-57(58)63)59-34-35-60(67-59)61-36-37-62(68-61)66-55-25-11-9-23-53(55)65(54-24-10-12-26-56(54)66)50-27-13-19-43-16-5-6-20-49(43)50/h1-40,53,65H. The lowest BCUT2D eigenvalue weighted by Gasteiger charge is -2.37. The lowest BCUT2D eigenvalue weighted by atomic mass is 9.67. The lowest BCUT2D eigenvalue weighted by molar-refractivity contribution is 0.653. The Morgan fingerprint density at radius 2 is 0.853 bits per heavy atom. The Kier molecular flexibility index (Phi) is 9.18. The van der Waals surface area contributed by atoms with Gasteiger partial charge in [-0.1, -0.05) is 200 Å².